The van der Waals surface area contributed by atoms with Crippen molar-refractivity contribution in [2.45, 2.75) is 13.5 Å². The molecule has 5 heteroatoms. The van der Waals surface area contributed by atoms with Gasteiger partial charge in [-0.2, -0.15) is 5.48 Å². The molecular weight excluding hydrogens is 221 g/mol. The van der Waals surface area contributed by atoms with E-state index in [1.54, 1.807) is 13.0 Å². The smallest absolute Gasteiger partial charge is 0.173 e. The van der Waals surface area contributed by atoms with E-state index in [0.717, 1.165) is 5.56 Å². The number of methoxy groups -OCH3 is 1. The van der Waals surface area contributed by atoms with E-state index >= 15 is 0 Å². The molecule has 0 saturated carbocycles. The first kappa shape index (κ1) is 12.2. The van der Waals surface area contributed by atoms with Gasteiger partial charge in [-0.1, -0.05) is 17.7 Å². The van der Waals surface area contributed by atoms with Crippen LogP contribution in [0.5, 0.6) is 5.75 Å². The normalized spacial score (nSPS) is 10.5. The lowest BCUT2D eigenvalue weighted by atomic mass is 10.1. The third-order valence-electron chi connectivity index (χ3n) is 2.03. The second-order valence-electron chi connectivity index (χ2n) is 3.04. The van der Waals surface area contributed by atoms with Crippen molar-refractivity contribution in [1.82, 2.24) is 5.48 Å². The van der Waals surface area contributed by atoms with Crippen molar-refractivity contribution in [3.05, 3.63) is 28.0 Å². The molecule has 0 unspecified atom stereocenters. The number of nitrogens with one attached hydrogen (secondary N) is 1. The van der Waals surface area contributed by atoms with Gasteiger partial charge in [0.25, 0.3) is 0 Å². The van der Waals surface area contributed by atoms with Crippen LogP contribution >= 0.6 is 11.6 Å². The van der Waals surface area contributed by atoms with E-state index < -0.39 is 5.82 Å². The second kappa shape index (κ2) is 5.30. The maximum absolute atomic E-state index is 13.7. The predicted molar refractivity (Wildman–Crippen MR) is 56.5 cm³/mol. The van der Waals surface area contributed by atoms with Crippen LogP contribution in [-0.2, 0) is 11.4 Å². The summed E-state index contributed by atoms with van der Waals surface area (Å²) in [6.07, 6.45) is 0. The number of ether oxygens (including phenoxy) is 1. The summed E-state index contributed by atoms with van der Waals surface area (Å²) < 4.78 is 18.6. The predicted octanol–water partition coefficient (Wildman–Crippen LogP) is 2.45. The van der Waals surface area contributed by atoms with Gasteiger partial charge in [-0.05, 0) is 12.5 Å². The standard InChI is InChI=1S/C10H13ClFNO2/c1-6-4-7(5-13-15-3)9(12)10(14-2)8(6)11/h4,13H,5H2,1-3H3. The number of hydrogen-bond acceptors (Lipinski definition) is 3. The van der Waals surface area contributed by atoms with Gasteiger partial charge in [0.05, 0.1) is 19.2 Å². The van der Waals surface area contributed by atoms with Gasteiger partial charge in [0.2, 0.25) is 0 Å². The third kappa shape index (κ3) is 2.59. The van der Waals surface area contributed by atoms with E-state index in [9.17, 15) is 4.39 Å². The lowest BCUT2D eigenvalue weighted by molar-refractivity contribution is 0.0858. The van der Waals surface area contributed by atoms with Gasteiger partial charge >= 0.3 is 0 Å². The summed E-state index contributed by atoms with van der Waals surface area (Å²) in [6, 6.07) is 1.66. The molecule has 0 saturated heterocycles. The average Bonchev–Trinajstić information content (AvgIpc) is 2.22. The number of hydrogen-bond donors (Lipinski definition) is 1. The average molecular weight is 234 g/mol. The Morgan fingerprint density at radius 2 is 2.13 bits per heavy atom. The molecule has 1 aromatic rings. The zero-order valence-corrected chi connectivity index (χ0v) is 9.61. The highest BCUT2D eigenvalue weighted by Crippen LogP contribution is 2.32. The Kier molecular flexibility index (Phi) is 4.32. The Labute approximate surface area is 93.1 Å². The van der Waals surface area contributed by atoms with Gasteiger partial charge in [0.1, 0.15) is 0 Å². The molecule has 0 aliphatic carbocycles. The summed E-state index contributed by atoms with van der Waals surface area (Å²) in [5.41, 5.74) is 3.79. The number of benzene rings is 1. The molecule has 0 aliphatic rings. The van der Waals surface area contributed by atoms with Gasteiger partial charge < -0.3 is 9.57 Å². The molecule has 1 aromatic carbocycles. The third-order valence-corrected chi connectivity index (χ3v) is 2.50. The zero-order chi connectivity index (χ0) is 11.4. The summed E-state index contributed by atoms with van der Waals surface area (Å²) in [4.78, 5) is 4.65. The van der Waals surface area contributed by atoms with Crippen LogP contribution < -0.4 is 10.2 Å². The fraction of sp³-hybridized carbons (Fsp3) is 0.400. The number of halogens is 2. The SMILES string of the molecule is CONCc1cc(C)c(Cl)c(OC)c1F. The highest BCUT2D eigenvalue weighted by Gasteiger charge is 2.15. The molecular formula is C10H13ClFNO2. The van der Waals surface area contributed by atoms with Crippen LogP contribution in [0.2, 0.25) is 5.02 Å². The molecule has 1 N–H and O–H groups in total. The van der Waals surface area contributed by atoms with Crippen molar-refractivity contribution < 1.29 is 14.0 Å². The van der Waals surface area contributed by atoms with Crippen LogP contribution in [0.4, 0.5) is 4.39 Å². The van der Waals surface area contributed by atoms with Gasteiger partial charge in [0, 0.05) is 12.1 Å². The van der Waals surface area contributed by atoms with E-state index in [1.165, 1.54) is 14.2 Å². The Morgan fingerprint density at radius 3 is 2.67 bits per heavy atom. The summed E-state index contributed by atoms with van der Waals surface area (Å²) in [7, 11) is 2.86. The van der Waals surface area contributed by atoms with Crippen LogP contribution in [0.3, 0.4) is 0 Å². The minimum absolute atomic E-state index is 0.0737. The molecule has 0 amide bonds. The lowest BCUT2D eigenvalue weighted by Crippen LogP contribution is -2.13. The quantitative estimate of drug-likeness (QED) is 0.811. The fourth-order valence-electron chi connectivity index (χ4n) is 1.27. The van der Waals surface area contributed by atoms with Crippen LogP contribution in [-0.4, -0.2) is 14.2 Å². The van der Waals surface area contributed by atoms with Crippen molar-refractivity contribution in [3.8, 4) is 5.75 Å². The maximum Gasteiger partial charge on any atom is 0.173 e. The van der Waals surface area contributed by atoms with E-state index in [4.69, 9.17) is 16.3 Å². The van der Waals surface area contributed by atoms with Crippen molar-refractivity contribution in [1.29, 1.82) is 0 Å². The Balaban J connectivity index is 3.12. The van der Waals surface area contributed by atoms with Crippen molar-refractivity contribution in [2.75, 3.05) is 14.2 Å². The molecule has 0 atom stereocenters. The molecule has 0 heterocycles. The molecule has 0 aromatic heterocycles. The number of aryl methyl sites for hydroxylation is 1. The molecule has 84 valence electrons. The zero-order valence-electron chi connectivity index (χ0n) is 8.86. The monoisotopic (exact) mass is 233 g/mol. The largest absolute Gasteiger partial charge is 0.492 e. The highest BCUT2D eigenvalue weighted by molar-refractivity contribution is 6.32. The summed E-state index contributed by atoms with van der Waals surface area (Å²) >= 11 is 5.89. The van der Waals surface area contributed by atoms with Crippen LogP contribution in [0.25, 0.3) is 0 Å². The molecule has 0 bridgehead atoms. The second-order valence-corrected chi connectivity index (χ2v) is 3.42. The Hall–Kier alpha value is -0.840. The van der Waals surface area contributed by atoms with Crippen LogP contribution in [0, 0.1) is 12.7 Å². The Bertz CT molecular complexity index is 358. The minimum Gasteiger partial charge on any atom is -0.492 e. The van der Waals surface area contributed by atoms with Gasteiger partial charge in [-0.15, -0.1) is 0 Å². The van der Waals surface area contributed by atoms with E-state index in [-0.39, 0.29) is 12.3 Å². The van der Waals surface area contributed by atoms with E-state index in [2.05, 4.69) is 10.3 Å². The Morgan fingerprint density at radius 1 is 1.47 bits per heavy atom. The van der Waals surface area contributed by atoms with Gasteiger partial charge in [-0.3, -0.25) is 0 Å². The highest BCUT2D eigenvalue weighted by atomic mass is 35.5. The van der Waals surface area contributed by atoms with Crippen LogP contribution in [0.15, 0.2) is 6.07 Å². The maximum atomic E-state index is 13.7. The van der Waals surface area contributed by atoms with E-state index in [1.807, 2.05) is 0 Å². The molecule has 3 nitrogen and oxygen atoms in total. The van der Waals surface area contributed by atoms with Gasteiger partial charge in [0.15, 0.2) is 11.6 Å². The topological polar surface area (TPSA) is 30.5 Å². The fourth-order valence-corrected chi connectivity index (χ4v) is 1.48. The molecule has 0 aliphatic heterocycles. The first-order chi connectivity index (χ1) is 7.11. The molecule has 0 fully saturated rings. The van der Waals surface area contributed by atoms with Gasteiger partial charge in [-0.25, -0.2) is 4.39 Å². The number of rotatable bonds is 4. The molecule has 0 radical (unpaired) electrons. The van der Waals surface area contributed by atoms with Crippen molar-refractivity contribution in [3.63, 3.8) is 0 Å². The number of hydroxylamine groups is 1. The van der Waals surface area contributed by atoms with Crippen molar-refractivity contribution >= 4 is 11.6 Å². The molecule has 0 spiro atoms. The molecule has 15 heavy (non-hydrogen) atoms. The summed E-state index contributed by atoms with van der Waals surface area (Å²) in [5.74, 6) is -0.387. The first-order valence-corrected chi connectivity index (χ1v) is 4.77. The molecule has 1 rings (SSSR count). The summed E-state index contributed by atoms with van der Waals surface area (Å²) in [5, 5.41) is 0.302. The minimum atomic E-state index is -0.461. The summed E-state index contributed by atoms with van der Waals surface area (Å²) in [6.45, 7) is 2.05. The van der Waals surface area contributed by atoms with Crippen LogP contribution in [0.1, 0.15) is 11.1 Å². The first-order valence-electron chi connectivity index (χ1n) is 4.39. The van der Waals surface area contributed by atoms with Crippen molar-refractivity contribution in [2.24, 2.45) is 0 Å². The van der Waals surface area contributed by atoms with E-state index in [0.29, 0.717) is 10.6 Å². The lowest BCUT2D eigenvalue weighted by Gasteiger charge is -2.11.